The van der Waals surface area contributed by atoms with Gasteiger partial charge in [-0.15, -0.1) is 0 Å². The molecule has 2 aromatic rings. The van der Waals surface area contributed by atoms with Gasteiger partial charge in [0.05, 0.1) is 0 Å². The van der Waals surface area contributed by atoms with Gasteiger partial charge in [0, 0.05) is 11.8 Å². The van der Waals surface area contributed by atoms with E-state index >= 15 is 0 Å². The molecule has 0 aliphatic rings. The quantitative estimate of drug-likeness (QED) is 0.840. The molecule has 21 heavy (non-hydrogen) atoms. The van der Waals surface area contributed by atoms with Gasteiger partial charge in [0.2, 0.25) is 0 Å². The highest BCUT2D eigenvalue weighted by molar-refractivity contribution is 9.10. The Morgan fingerprint density at radius 1 is 1.29 bits per heavy atom. The van der Waals surface area contributed by atoms with Gasteiger partial charge >= 0.3 is 0 Å². The van der Waals surface area contributed by atoms with E-state index in [9.17, 15) is 8.42 Å². The van der Waals surface area contributed by atoms with Gasteiger partial charge in [0.25, 0.3) is 10.0 Å². The molecular weight excluding hydrogens is 358 g/mol. The summed E-state index contributed by atoms with van der Waals surface area (Å²) in [6.07, 6.45) is 0. The molecule has 5 nitrogen and oxygen atoms in total. The summed E-state index contributed by atoms with van der Waals surface area (Å²) in [7, 11) is -3.77. The van der Waals surface area contributed by atoms with Gasteiger partial charge in [-0.25, -0.2) is 8.42 Å². The number of hydrogen-bond acceptors (Lipinski definition) is 4. The maximum Gasteiger partial charge on any atom is 0.266 e. The fraction of sp³-hybridized carbons (Fsp3) is 0.286. The lowest BCUT2D eigenvalue weighted by Gasteiger charge is -2.09. The normalized spacial score (nSPS) is 11.9. The topological polar surface area (TPSA) is 79.5 Å². The highest BCUT2D eigenvalue weighted by atomic mass is 79.9. The molecule has 0 aliphatic heterocycles. The monoisotopic (exact) mass is 373 g/mol. The number of rotatable bonds is 5. The fourth-order valence-electron chi connectivity index (χ4n) is 1.81. The fourth-order valence-corrected chi connectivity index (χ4v) is 3.86. The van der Waals surface area contributed by atoms with Gasteiger partial charge in [0.1, 0.15) is 17.3 Å². The molecule has 0 amide bonds. The number of furan rings is 1. The van der Waals surface area contributed by atoms with E-state index in [-0.39, 0.29) is 21.9 Å². The molecule has 1 aromatic carbocycles. The predicted molar refractivity (Wildman–Crippen MR) is 83.7 cm³/mol. The summed E-state index contributed by atoms with van der Waals surface area (Å²) in [6.45, 7) is 3.77. The standard InChI is InChI=1S/C14H16BrNO4S/c1-9(2)10-3-5-11(6-4-10)16-21(18,19)13-7-12(8-17)20-14(13)15/h3-7,9,16-17H,8H2,1-2H3. The van der Waals surface area contributed by atoms with Crippen LogP contribution in [-0.2, 0) is 16.6 Å². The van der Waals surface area contributed by atoms with Crippen LogP contribution in [0.4, 0.5) is 5.69 Å². The first-order valence-corrected chi connectivity index (χ1v) is 8.63. The molecule has 114 valence electrons. The summed E-state index contributed by atoms with van der Waals surface area (Å²) in [5.41, 5.74) is 1.60. The third-order valence-corrected chi connectivity index (χ3v) is 5.22. The van der Waals surface area contributed by atoms with Crippen LogP contribution >= 0.6 is 15.9 Å². The summed E-state index contributed by atoms with van der Waals surface area (Å²) >= 11 is 3.04. The van der Waals surface area contributed by atoms with Crippen molar-refractivity contribution in [3.8, 4) is 0 Å². The highest BCUT2D eigenvalue weighted by Gasteiger charge is 2.22. The average Bonchev–Trinajstić information content (AvgIpc) is 2.81. The van der Waals surface area contributed by atoms with E-state index in [4.69, 9.17) is 9.52 Å². The van der Waals surface area contributed by atoms with E-state index in [0.29, 0.717) is 11.6 Å². The van der Waals surface area contributed by atoms with Gasteiger partial charge < -0.3 is 9.52 Å². The van der Waals surface area contributed by atoms with Gasteiger partial charge in [-0.2, -0.15) is 0 Å². The Bertz CT molecular complexity index is 720. The summed E-state index contributed by atoms with van der Waals surface area (Å²) < 4.78 is 32.2. The van der Waals surface area contributed by atoms with Gasteiger partial charge in [-0.05, 0) is 39.5 Å². The van der Waals surface area contributed by atoms with Crippen LogP contribution in [0.3, 0.4) is 0 Å². The summed E-state index contributed by atoms with van der Waals surface area (Å²) in [5.74, 6) is 0.559. The van der Waals surface area contributed by atoms with Crippen LogP contribution in [0.15, 0.2) is 44.3 Å². The number of nitrogens with one attached hydrogen (secondary N) is 1. The van der Waals surface area contributed by atoms with Crippen LogP contribution in [0.1, 0.15) is 31.1 Å². The van der Waals surface area contributed by atoms with Crippen molar-refractivity contribution in [1.82, 2.24) is 0 Å². The maximum absolute atomic E-state index is 12.3. The molecular formula is C14H16BrNO4S. The molecule has 0 bridgehead atoms. The van der Waals surface area contributed by atoms with Crippen LogP contribution in [-0.4, -0.2) is 13.5 Å². The second kappa shape index (κ2) is 6.21. The second-order valence-electron chi connectivity index (χ2n) is 4.89. The lowest BCUT2D eigenvalue weighted by molar-refractivity contribution is 0.245. The zero-order valence-corrected chi connectivity index (χ0v) is 14.0. The second-order valence-corrected chi connectivity index (χ2v) is 7.26. The molecule has 1 aromatic heterocycles. The van der Waals surface area contributed by atoms with Crippen molar-refractivity contribution in [1.29, 1.82) is 0 Å². The predicted octanol–water partition coefficient (Wildman–Crippen LogP) is 3.46. The molecule has 0 aliphatic carbocycles. The number of sulfonamides is 1. The summed E-state index contributed by atoms with van der Waals surface area (Å²) in [5, 5.41) is 8.98. The van der Waals surface area contributed by atoms with Crippen molar-refractivity contribution in [3.05, 3.63) is 46.3 Å². The van der Waals surface area contributed by atoms with E-state index in [1.165, 1.54) is 6.07 Å². The Hall–Kier alpha value is -1.31. The molecule has 0 saturated heterocycles. The van der Waals surface area contributed by atoms with E-state index < -0.39 is 10.0 Å². The highest BCUT2D eigenvalue weighted by Crippen LogP contribution is 2.28. The number of halogens is 1. The number of benzene rings is 1. The molecule has 1 heterocycles. The van der Waals surface area contributed by atoms with Gasteiger partial charge in [-0.3, -0.25) is 4.72 Å². The van der Waals surface area contributed by atoms with E-state index in [0.717, 1.165) is 5.56 Å². The molecule has 0 atom stereocenters. The lowest BCUT2D eigenvalue weighted by Crippen LogP contribution is -2.12. The Morgan fingerprint density at radius 3 is 2.38 bits per heavy atom. The minimum atomic E-state index is -3.77. The Morgan fingerprint density at radius 2 is 1.90 bits per heavy atom. The molecule has 0 fully saturated rings. The number of aliphatic hydroxyl groups is 1. The lowest BCUT2D eigenvalue weighted by atomic mass is 10.0. The third-order valence-electron chi connectivity index (χ3n) is 2.98. The minimum Gasteiger partial charge on any atom is -0.450 e. The molecule has 0 unspecified atom stereocenters. The third kappa shape index (κ3) is 3.66. The van der Waals surface area contributed by atoms with Crippen LogP contribution in [0.5, 0.6) is 0 Å². The number of aliphatic hydroxyl groups excluding tert-OH is 1. The molecule has 0 saturated carbocycles. The van der Waals surface area contributed by atoms with E-state index in [1.54, 1.807) is 12.1 Å². The van der Waals surface area contributed by atoms with Crippen molar-refractivity contribution in [2.24, 2.45) is 0 Å². The molecule has 2 N–H and O–H groups in total. The van der Waals surface area contributed by atoms with Crippen molar-refractivity contribution < 1.29 is 17.9 Å². The first kappa shape index (κ1) is 16.1. The minimum absolute atomic E-state index is 0.0421. The summed E-state index contributed by atoms with van der Waals surface area (Å²) in [4.78, 5) is -0.0421. The summed E-state index contributed by atoms with van der Waals surface area (Å²) in [6, 6.07) is 8.48. The first-order valence-electron chi connectivity index (χ1n) is 6.35. The first-order chi connectivity index (χ1) is 9.83. The van der Waals surface area contributed by atoms with Gasteiger partial charge in [0.15, 0.2) is 4.67 Å². The molecule has 2 rings (SSSR count). The average molecular weight is 374 g/mol. The van der Waals surface area contributed by atoms with Crippen LogP contribution in [0.2, 0.25) is 0 Å². The number of anilines is 1. The zero-order chi connectivity index (χ0) is 15.6. The van der Waals surface area contributed by atoms with Crippen molar-refractivity contribution >= 4 is 31.6 Å². The Labute approximate surface area is 132 Å². The van der Waals surface area contributed by atoms with Crippen LogP contribution in [0, 0.1) is 0 Å². The molecule has 0 spiro atoms. The largest absolute Gasteiger partial charge is 0.450 e. The Balaban J connectivity index is 2.26. The Kier molecular flexibility index (Phi) is 4.75. The van der Waals surface area contributed by atoms with E-state index in [2.05, 4.69) is 34.5 Å². The van der Waals surface area contributed by atoms with Crippen molar-refractivity contribution in [2.75, 3.05) is 4.72 Å². The number of hydrogen-bond donors (Lipinski definition) is 2. The van der Waals surface area contributed by atoms with E-state index in [1.807, 2.05) is 12.1 Å². The molecule has 7 heteroatoms. The SMILES string of the molecule is CC(C)c1ccc(NS(=O)(=O)c2cc(CO)oc2Br)cc1. The van der Waals surface area contributed by atoms with Crippen molar-refractivity contribution in [2.45, 2.75) is 31.3 Å². The zero-order valence-electron chi connectivity index (χ0n) is 11.6. The van der Waals surface area contributed by atoms with Crippen molar-refractivity contribution in [3.63, 3.8) is 0 Å². The smallest absolute Gasteiger partial charge is 0.266 e. The van der Waals surface area contributed by atoms with Crippen LogP contribution < -0.4 is 4.72 Å². The molecule has 0 radical (unpaired) electrons. The van der Waals surface area contributed by atoms with Gasteiger partial charge in [-0.1, -0.05) is 26.0 Å². The van der Waals surface area contributed by atoms with Crippen LogP contribution in [0.25, 0.3) is 0 Å². The maximum atomic E-state index is 12.3.